The van der Waals surface area contributed by atoms with Crippen LogP contribution in [-0.2, 0) is 0 Å². The van der Waals surface area contributed by atoms with E-state index in [1.807, 2.05) is 12.1 Å². The summed E-state index contributed by atoms with van der Waals surface area (Å²) in [5.74, 6) is 0.821. The zero-order chi connectivity index (χ0) is 32.8. The number of hydrogen-bond acceptors (Lipinski definition) is 2. The van der Waals surface area contributed by atoms with E-state index in [4.69, 9.17) is 9.97 Å². The molecule has 0 aliphatic rings. The molecule has 0 saturated heterocycles. The number of hydrogen-bond donors (Lipinski definition) is 0. The van der Waals surface area contributed by atoms with Gasteiger partial charge in [-0.25, -0.2) is 9.97 Å². The van der Waals surface area contributed by atoms with Crippen molar-refractivity contribution in [3.63, 3.8) is 0 Å². The second-order valence-corrected chi connectivity index (χ2v) is 13.0. The first-order valence-electron chi connectivity index (χ1n) is 17.0. The van der Waals surface area contributed by atoms with Gasteiger partial charge in [0.25, 0.3) is 0 Å². The van der Waals surface area contributed by atoms with E-state index in [0.29, 0.717) is 0 Å². The maximum Gasteiger partial charge on any atom is 0.165 e. The third-order valence-electron chi connectivity index (χ3n) is 10.2. The molecule has 11 aromatic rings. The van der Waals surface area contributed by atoms with Crippen molar-refractivity contribution >= 4 is 76.2 Å². The molecule has 4 nitrogen and oxygen atoms in total. The quantitative estimate of drug-likeness (QED) is 0.193. The monoisotopic (exact) mass is 636 g/mol. The Morgan fingerprint density at radius 1 is 0.360 bits per heavy atom. The third kappa shape index (κ3) is 3.87. The molecule has 0 amide bonds. The van der Waals surface area contributed by atoms with Crippen molar-refractivity contribution in [2.45, 2.75) is 0 Å². The Bertz CT molecular complexity index is 3150. The molecule has 0 atom stereocenters. The predicted molar refractivity (Wildman–Crippen MR) is 209 cm³/mol. The van der Waals surface area contributed by atoms with E-state index in [1.165, 1.54) is 54.1 Å². The van der Waals surface area contributed by atoms with Crippen LogP contribution in [0.2, 0.25) is 0 Å². The van der Waals surface area contributed by atoms with Gasteiger partial charge < -0.3 is 4.57 Å². The fourth-order valence-electron chi connectivity index (χ4n) is 7.99. The van der Waals surface area contributed by atoms with E-state index in [2.05, 4.69) is 167 Å². The average Bonchev–Trinajstić information content (AvgIpc) is 3.69. The van der Waals surface area contributed by atoms with Crippen LogP contribution in [0.3, 0.4) is 0 Å². The summed E-state index contributed by atoms with van der Waals surface area (Å²) in [7, 11) is 0. The number of nitrogens with zero attached hydrogens (tertiary/aromatic N) is 4. The van der Waals surface area contributed by atoms with Crippen LogP contribution in [0.1, 0.15) is 0 Å². The predicted octanol–water partition coefficient (Wildman–Crippen LogP) is 11.8. The van der Waals surface area contributed by atoms with Crippen molar-refractivity contribution in [2.75, 3.05) is 0 Å². The Morgan fingerprint density at radius 3 is 1.82 bits per heavy atom. The average molecular weight is 637 g/mol. The number of benzene rings is 8. The van der Waals surface area contributed by atoms with Crippen molar-refractivity contribution in [3.05, 3.63) is 170 Å². The number of aromatic nitrogens is 4. The lowest BCUT2D eigenvalue weighted by atomic mass is 10.0. The highest BCUT2D eigenvalue weighted by atomic mass is 15.1. The van der Waals surface area contributed by atoms with Crippen LogP contribution in [0.25, 0.3) is 99.0 Å². The van der Waals surface area contributed by atoms with Crippen LogP contribution in [0.15, 0.2) is 170 Å². The first-order valence-corrected chi connectivity index (χ1v) is 17.0. The summed E-state index contributed by atoms with van der Waals surface area (Å²) in [6, 6.07) is 60.7. The molecule has 11 rings (SSSR count). The summed E-state index contributed by atoms with van der Waals surface area (Å²) in [4.78, 5) is 10.7. The van der Waals surface area contributed by atoms with Gasteiger partial charge in [0.05, 0.1) is 33.1 Å². The maximum absolute atomic E-state index is 5.41. The molecular weight excluding hydrogens is 609 g/mol. The van der Waals surface area contributed by atoms with Gasteiger partial charge in [0.2, 0.25) is 0 Å². The van der Waals surface area contributed by atoms with Gasteiger partial charge in [0.1, 0.15) is 5.69 Å². The highest BCUT2D eigenvalue weighted by molar-refractivity contribution is 6.23. The highest BCUT2D eigenvalue weighted by Gasteiger charge is 2.22. The molecule has 8 aromatic carbocycles. The topological polar surface area (TPSA) is 35.6 Å². The molecule has 0 aliphatic carbocycles. The second-order valence-electron chi connectivity index (χ2n) is 13.0. The molecule has 4 heteroatoms. The lowest BCUT2D eigenvalue weighted by Crippen LogP contribution is -2.03. The van der Waals surface area contributed by atoms with E-state index in [0.717, 1.165) is 44.8 Å². The minimum Gasteiger partial charge on any atom is -0.309 e. The number of fused-ring (bicyclic) bond motifs is 10. The standard InChI is InChI=1S/C46H28N4/c1-2-15-33(16-3-1)49-42-27-37-35-18-8-11-21-41(35)50(43(37)28-38(42)36-25-24-30-13-6-7-17-34(30)45(36)49)46-44(47-39-19-9-10-20-40(39)48-46)32-23-22-29-12-4-5-14-31(29)26-32/h1-28H. The Kier molecular flexibility index (Phi) is 5.63. The van der Waals surface area contributed by atoms with Gasteiger partial charge in [-0.3, -0.25) is 4.57 Å². The van der Waals surface area contributed by atoms with Crippen LogP contribution in [0, 0.1) is 0 Å². The van der Waals surface area contributed by atoms with Gasteiger partial charge in [0.15, 0.2) is 5.82 Å². The number of rotatable bonds is 3. The van der Waals surface area contributed by atoms with E-state index >= 15 is 0 Å². The first kappa shape index (κ1) is 27.2. The normalized spacial score (nSPS) is 12.0. The molecule has 3 aromatic heterocycles. The minimum atomic E-state index is 0.821. The van der Waals surface area contributed by atoms with E-state index in [-0.39, 0.29) is 0 Å². The zero-order valence-electron chi connectivity index (χ0n) is 27.0. The third-order valence-corrected chi connectivity index (χ3v) is 10.2. The van der Waals surface area contributed by atoms with E-state index in [1.54, 1.807) is 0 Å². The lowest BCUT2D eigenvalue weighted by Gasteiger charge is -2.14. The zero-order valence-corrected chi connectivity index (χ0v) is 27.0. The Hall–Kier alpha value is -6.78. The molecule has 0 radical (unpaired) electrons. The summed E-state index contributed by atoms with van der Waals surface area (Å²) in [5, 5.41) is 9.62. The summed E-state index contributed by atoms with van der Waals surface area (Å²) < 4.78 is 4.77. The van der Waals surface area contributed by atoms with Crippen LogP contribution in [-0.4, -0.2) is 19.1 Å². The molecule has 0 fully saturated rings. The van der Waals surface area contributed by atoms with Gasteiger partial charge in [-0.15, -0.1) is 0 Å². The molecule has 0 spiro atoms. The van der Waals surface area contributed by atoms with Gasteiger partial charge in [-0.05, 0) is 64.7 Å². The molecule has 50 heavy (non-hydrogen) atoms. The molecule has 0 saturated carbocycles. The Labute approximate surface area is 287 Å². The van der Waals surface area contributed by atoms with E-state index in [9.17, 15) is 0 Å². The van der Waals surface area contributed by atoms with Crippen LogP contribution in [0.5, 0.6) is 0 Å². The molecule has 3 heterocycles. The molecule has 0 aliphatic heterocycles. The molecule has 232 valence electrons. The highest BCUT2D eigenvalue weighted by Crippen LogP contribution is 2.42. The Morgan fingerprint density at radius 2 is 0.980 bits per heavy atom. The van der Waals surface area contributed by atoms with Gasteiger partial charge in [0, 0.05) is 38.2 Å². The maximum atomic E-state index is 5.41. The summed E-state index contributed by atoms with van der Waals surface area (Å²) in [6.07, 6.45) is 0. The van der Waals surface area contributed by atoms with Crippen molar-refractivity contribution < 1.29 is 0 Å². The molecular formula is C46H28N4. The minimum absolute atomic E-state index is 0.821. The molecule has 0 bridgehead atoms. The SMILES string of the molecule is c1ccc(-n2c3cc4c5ccccc5n(-c5nc6ccccc6nc5-c5ccc6ccccc6c5)c4cc3c3ccc4ccccc4c32)cc1. The first-order chi connectivity index (χ1) is 24.8. The van der Waals surface area contributed by atoms with E-state index < -0.39 is 0 Å². The number of para-hydroxylation sites is 4. The fourth-order valence-corrected chi connectivity index (χ4v) is 7.99. The summed E-state index contributed by atoms with van der Waals surface area (Å²) in [5.41, 5.74) is 9.38. The van der Waals surface area contributed by atoms with Crippen molar-refractivity contribution in [1.29, 1.82) is 0 Å². The van der Waals surface area contributed by atoms with Crippen LogP contribution >= 0.6 is 0 Å². The van der Waals surface area contributed by atoms with Crippen molar-refractivity contribution in [3.8, 4) is 22.8 Å². The van der Waals surface area contributed by atoms with Crippen molar-refractivity contribution in [1.82, 2.24) is 19.1 Å². The smallest absolute Gasteiger partial charge is 0.165 e. The van der Waals surface area contributed by atoms with Crippen molar-refractivity contribution in [2.24, 2.45) is 0 Å². The summed E-state index contributed by atoms with van der Waals surface area (Å²) >= 11 is 0. The fraction of sp³-hybridized carbons (Fsp3) is 0. The summed E-state index contributed by atoms with van der Waals surface area (Å²) in [6.45, 7) is 0. The van der Waals surface area contributed by atoms with Crippen LogP contribution < -0.4 is 0 Å². The van der Waals surface area contributed by atoms with Gasteiger partial charge in [-0.1, -0.05) is 121 Å². The van der Waals surface area contributed by atoms with Gasteiger partial charge in [-0.2, -0.15) is 0 Å². The second kappa shape index (κ2) is 10.4. The molecule has 0 N–H and O–H groups in total. The van der Waals surface area contributed by atoms with Gasteiger partial charge >= 0.3 is 0 Å². The lowest BCUT2D eigenvalue weighted by molar-refractivity contribution is 1.08. The largest absolute Gasteiger partial charge is 0.309 e. The van der Waals surface area contributed by atoms with Crippen LogP contribution in [0.4, 0.5) is 0 Å². The molecule has 0 unspecified atom stereocenters. The Balaban J connectivity index is 1.30.